The monoisotopic (exact) mass is 291 g/mol. The number of rotatable bonds is 2. The molecule has 2 aromatic rings. The minimum Gasteiger partial charge on any atom is -0.302 e. The van der Waals surface area contributed by atoms with E-state index in [1.807, 2.05) is 6.07 Å². The van der Waals surface area contributed by atoms with Gasteiger partial charge in [0.15, 0.2) is 0 Å². The average Bonchev–Trinajstić information content (AvgIpc) is 2.44. The Kier molecular flexibility index (Phi) is 3.89. The summed E-state index contributed by atoms with van der Waals surface area (Å²) in [5, 5.41) is 8.65. The maximum atomic E-state index is 12.5. The van der Waals surface area contributed by atoms with Gasteiger partial charge in [0, 0.05) is 0 Å². The van der Waals surface area contributed by atoms with Crippen LogP contribution in [0.1, 0.15) is 22.5 Å². The van der Waals surface area contributed by atoms with Gasteiger partial charge in [0.1, 0.15) is 5.69 Å². The topological polar surface area (TPSA) is 69.5 Å². The zero-order valence-corrected chi connectivity index (χ0v) is 10.5. The van der Waals surface area contributed by atoms with E-state index in [1.165, 1.54) is 12.2 Å². The molecule has 2 rings (SSSR count). The van der Waals surface area contributed by atoms with Crippen molar-refractivity contribution in [3.63, 3.8) is 0 Å². The summed E-state index contributed by atoms with van der Waals surface area (Å²) < 4.78 is 37.6. The molecule has 0 aliphatic carbocycles. The van der Waals surface area contributed by atoms with E-state index in [0.717, 1.165) is 6.07 Å². The Hall–Kier alpha value is -2.88. The highest BCUT2D eigenvalue weighted by Crippen LogP contribution is 2.26. The summed E-state index contributed by atoms with van der Waals surface area (Å²) in [5.41, 5.74) is -1.17. The predicted molar refractivity (Wildman–Crippen MR) is 69.9 cm³/mol. The van der Waals surface area contributed by atoms with Crippen molar-refractivity contribution in [3.8, 4) is 6.07 Å². The first-order valence-corrected chi connectivity index (χ1v) is 5.75. The van der Waals surface area contributed by atoms with Crippen LogP contribution in [0.4, 0.5) is 13.2 Å². The lowest BCUT2D eigenvalue weighted by Crippen LogP contribution is -2.19. The molecule has 0 bridgehead atoms. The van der Waals surface area contributed by atoms with E-state index in [1.54, 1.807) is 29.2 Å². The summed E-state index contributed by atoms with van der Waals surface area (Å²) in [6.07, 6.45) is -1.84. The lowest BCUT2D eigenvalue weighted by molar-refractivity contribution is -0.141. The van der Waals surface area contributed by atoms with Gasteiger partial charge in [-0.15, -0.1) is 0 Å². The second kappa shape index (κ2) is 5.63. The van der Waals surface area contributed by atoms with Crippen molar-refractivity contribution in [1.82, 2.24) is 9.97 Å². The van der Waals surface area contributed by atoms with E-state index >= 15 is 0 Å². The van der Waals surface area contributed by atoms with Crippen LogP contribution in [-0.2, 0) is 6.18 Å². The third kappa shape index (κ3) is 3.79. The van der Waals surface area contributed by atoms with Crippen molar-refractivity contribution >= 4 is 12.2 Å². The van der Waals surface area contributed by atoms with Gasteiger partial charge in [0.2, 0.25) is 0 Å². The van der Waals surface area contributed by atoms with Crippen LogP contribution in [0, 0.1) is 11.3 Å². The maximum Gasteiger partial charge on any atom is 0.431 e. The number of hydrogen-bond acceptors (Lipinski definition) is 3. The molecule has 0 spiro atoms. The zero-order valence-electron chi connectivity index (χ0n) is 10.5. The van der Waals surface area contributed by atoms with E-state index < -0.39 is 17.6 Å². The van der Waals surface area contributed by atoms with E-state index in [4.69, 9.17) is 5.26 Å². The van der Waals surface area contributed by atoms with Crippen LogP contribution in [0.15, 0.2) is 35.1 Å². The van der Waals surface area contributed by atoms with Gasteiger partial charge in [0.05, 0.1) is 17.3 Å². The van der Waals surface area contributed by atoms with Crippen LogP contribution >= 0.6 is 0 Å². The van der Waals surface area contributed by atoms with Gasteiger partial charge in [-0.3, -0.25) is 0 Å². The van der Waals surface area contributed by atoms with Crippen LogP contribution in [0.25, 0.3) is 12.2 Å². The summed E-state index contributed by atoms with van der Waals surface area (Å²) in [4.78, 5) is 16.2. The third-order valence-corrected chi connectivity index (χ3v) is 2.56. The van der Waals surface area contributed by atoms with Crippen LogP contribution in [-0.4, -0.2) is 9.97 Å². The Morgan fingerprint density at radius 3 is 2.43 bits per heavy atom. The summed E-state index contributed by atoms with van der Waals surface area (Å²) in [6, 6.07) is 9.12. The first kappa shape index (κ1) is 14.5. The second-order valence-electron chi connectivity index (χ2n) is 4.09. The van der Waals surface area contributed by atoms with Gasteiger partial charge in [0.25, 0.3) is 0 Å². The van der Waals surface area contributed by atoms with Crippen LogP contribution in [0.2, 0.25) is 0 Å². The van der Waals surface area contributed by atoms with Gasteiger partial charge < -0.3 is 4.98 Å². The van der Waals surface area contributed by atoms with Crippen molar-refractivity contribution in [2.75, 3.05) is 0 Å². The lowest BCUT2D eigenvalue weighted by atomic mass is 10.1. The average molecular weight is 291 g/mol. The van der Waals surface area contributed by atoms with Crippen LogP contribution < -0.4 is 5.69 Å². The van der Waals surface area contributed by atoms with Crippen molar-refractivity contribution in [2.24, 2.45) is 0 Å². The first-order valence-electron chi connectivity index (χ1n) is 5.75. The number of nitrogens with zero attached hydrogens (tertiary/aromatic N) is 2. The number of nitrogens with one attached hydrogen (secondary N) is 1. The Morgan fingerprint density at radius 1 is 1.19 bits per heavy atom. The molecule has 0 radical (unpaired) electrons. The van der Waals surface area contributed by atoms with Gasteiger partial charge >= 0.3 is 11.9 Å². The van der Waals surface area contributed by atoms with Crippen molar-refractivity contribution in [2.45, 2.75) is 6.18 Å². The number of halogens is 3. The molecule has 1 N–H and O–H groups in total. The number of benzene rings is 1. The maximum absolute atomic E-state index is 12.5. The van der Waals surface area contributed by atoms with E-state index in [0.29, 0.717) is 11.1 Å². The molecule has 1 heterocycles. The predicted octanol–water partition coefficient (Wildman–Crippen LogP) is 2.83. The second-order valence-corrected chi connectivity index (χ2v) is 4.09. The van der Waals surface area contributed by atoms with E-state index in [9.17, 15) is 18.0 Å². The molecule has 0 aliphatic heterocycles. The molecule has 21 heavy (non-hydrogen) atoms. The van der Waals surface area contributed by atoms with E-state index in [-0.39, 0.29) is 5.69 Å². The quantitative estimate of drug-likeness (QED) is 0.925. The highest BCUT2D eigenvalue weighted by molar-refractivity contribution is 5.68. The molecule has 0 saturated heterocycles. The highest BCUT2D eigenvalue weighted by Gasteiger charge is 2.32. The molecule has 0 saturated carbocycles. The zero-order chi connectivity index (χ0) is 15.5. The largest absolute Gasteiger partial charge is 0.431 e. The normalized spacial score (nSPS) is 11.5. The summed E-state index contributed by atoms with van der Waals surface area (Å²) in [5.74, 6) is 0. The molecular formula is C14H8F3N3O. The molecule has 7 heteroatoms. The number of nitriles is 1. The number of hydrogen-bond donors (Lipinski definition) is 1. The molecular weight excluding hydrogens is 283 g/mol. The van der Waals surface area contributed by atoms with Crippen LogP contribution in [0.5, 0.6) is 0 Å². The number of H-pyrrole nitrogens is 1. The number of aromatic amines is 1. The molecule has 1 aromatic heterocycles. The molecule has 4 nitrogen and oxygen atoms in total. The lowest BCUT2D eigenvalue weighted by Gasteiger charge is -2.05. The third-order valence-electron chi connectivity index (χ3n) is 2.56. The minimum absolute atomic E-state index is 0.101. The minimum atomic E-state index is -4.64. The highest BCUT2D eigenvalue weighted by atomic mass is 19.4. The van der Waals surface area contributed by atoms with E-state index in [2.05, 4.69) is 4.98 Å². The van der Waals surface area contributed by atoms with Crippen molar-refractivity contribution < 1.29 is 13.2 Å². The number of alkyl halides is 3. The fourth-order valence-corrected chi connectivity index (χ4v) is 1.57. The fraction of sp³-hybridized carbons (Fsp3) is 0.0714. The first-order chi connectivity index (χ1) is 9.88. The van der Waals surface area contributed by atoms with Crippen molar-refractivity contribution in [1.29, 1.82) is 5.26 Å². The standard InChI is InChI=1S/C14H8F3N3O/c15-14(16,17)12-7-11(19-13(21)20-12)6-5-9-1-3-10(8-18)4-2-9/h1-7H,(H,19,20,21). The van der Waals surface area contributed by atoms with Crippen molar-refractivity contribution in [3.05, 3.63) is 63.3 Å². The smallest absolute Gasteiger partial charge is 0.302 e. The Labute approximate surface area is 117 Å². The van der Waals surface area contributed by atoms with Gasteiger partial charge in [-0.05, 0) is 29.8 Å². The molecule has 106 valence electrons. The summed E-state index contributed by atoms with van der Waals surface area (Å²) in [7, 11) is 0. The molecule has 0 fully saturated rings. The van der Waals surface area contributed by atoms with Gasteiger partial charge in [-0.25, -0.2) is 4.79 Å². The van der Waals surface area contributed by atoms with Gasteiger partial charge in [-0.2, -0.15) is 23.4 Å². The molecule has 0 atom stereocenters. The molecule has 0 unspecified atom stereocenters. The van der Waals surface area contributed by atoms with Crippen LogP contribution in [0.3, 0.4) is 0 Å². The summed E-state index contributed by atoms with van der Waals surface area (Å²) in [6.45, 7) is 0. The Bertz CT molecular complexity index is 768. The SMILES string of the molecule is N#Cc1ccc(C=Cc2cc(C(F)(F)F)[nH]c(=O)n2)cc1. The Morgan fingerprint density at radius 2 is 1.86 bits per heavy atom. The Balaban J connectivity index is 2.30. The molecule has 1 aromatic carbocycles. The van der Waals surface area contributed by atoms with Gasteiger partial charge in [-0.1, -0.05) is 18.2 Å². The summed E-state index contributed by atoms with van der Waals surface area (Å²) >= 11 is 0. The molecule has 0 aliphatic rings. The molecule has 0 amide bonds. The number of aromatic nitrogens is 2. The fourth-order valence-electron chi connectivity index (χ4n) is 1.57.